The Morgan fingerprint density at radius 2 is 2.21 bits per heavy atom. The highest BCUT2D eigenvalue weighted by Crippen LogP contribution is 2.13. The maximum absolute atomic E-state index is 10.4. The van der Waals surface area contributed by atoms with Crippen molar-refractivity contribution in [2.24, 2.45) is 0 Å². The molecule has 0 aromatic rings. The van der Waals surface area contributed by atoms with Gasteiger partial charge in [0.1, 0.15) is 12.7 Å². The predicted octanol–water partition coefficient (Wildman–Crippen LogP) is -0.449. The van der Waals surface area contributed by atoms with Crippen LogP contribution < -0.4 is 0 Å². The molecule has 0 spiro atoms. The zero-order valence-electron chi connectivity index (χ0n) is 7.58. The lowest BCUT2D eigenvalue weighted by molar-refractivity contribution is -0.149. The zero-order chi connectivity index (χ0) is 11.0. The number of hydrogen-bond donors (Lipinski definition) is 2. The molecule has 7 nitrogen and oxygen atoms in total. The summed E-state index contributed by atoms with van der Waals surface area (Å²) < 4.78 is 23.5. The van der Waals surface area contributed by atoms with Gasteiger partial charge in [-0.2, -0.15) is 0 Å². The molecule has 2 unspecified atom stereocenters. The van der Waals surface area contributed by atoms with E-state index >= 15 is 0 Å². The van der Waals surface area contributed by atoms with Gasteiger partial charge in [-0.05, 0) is 0 Å². The molecule has 0 aromatic heterocycles. The number of carbonyl (C=O) groups is 1. The van der Waals surface area contributed by atoms with Crippen molar-refractivity contribution in [3.8, 4) is 0 Å². The first-order chi connectivity index (χ1) is 6.56. The summed E-state index contributed by atoms with van der Waals surface area (Å²) in [5, 5.41) is 8.70. The van der Waals surface area contributed by atoms with E-state index in [0.717, 1.165) is 0 Å². The third-order valence-electron chi connectivity index (χ3n) is 1.14. The first-order valence-electron chi connectivity index (χ1n) is 3.71. The molecule has 0 heterocycles. The molecule has 0 aromatic carbocycles. The Morgan fingerprint density at radius 1 is 1.57 bits per heavy atom. The fourth-order valence-electron chi connectivity index (χ4n) is 0.536. The number of aliphatic hydroxyl groups excluding tert-OH is 1. The Labute approximate surface area is 81.5 Å². The molecule has 0 aliphatic carbocycles. The first-order valence-corrected chi connectivity index (χ1v) is 4.84. The molecule has 0 fully saturated rings. The van der Waals surface area contributed by atoms with Crippen molar-refractivity contribution in [1.82, 2.24) is 0 Å². The fourth-order valence-corrected chi connectivity index (χ4v) is 0.687. The van der Waals surface area contributed by atoms with Crippen molar-refractivity contribution in [3.05, 3.63) is 0 Å². The molecule has 0 aliphatic heterocycles. The van der Waals surface area contributed by atoms with Gasteiger partial charge >= 0.3 is 14.2 Å². The van der Waals surface area contributed by atoms with Crippen molar-refractivity contribution < 1.29 is 33.4 Å². The smallest absolute Gasteiger partial charge is 0.463 e. The number of rotatable bonds is 7. The zero-order valence-corrected chi connectivity index (χ0v) is 8.48. The highest BCUT2D eigenvalue weighted by Gasteiger charge is 2.15. The molecule has 2 N–H and O–H groups in total. The molecule has 14 heavy (non-hydrogen) atoms. The van der Waals surface area contributed by atoms with Crippen LogP contribution in [-0.4, -0.2) is 42.1 Å². The fraction of sp³-hybridized carbons (Fsp3) is 0.833. The molecule has 0 saturated heterocycles. The van der Waals surface area contributed by atoms with Crippen LogP contribution in [0.4, 0.5) is 0 Å². The van der Waals surface area contributed by atoms with Crippen molar-refractivity contribution in [1.29, 1.82) is 0 Å². The molecule has 82 valence electrons. The van der Waals surface area contributed by atoms with E-state index in [0.29, 0.717) is 0 Å². The molecule has 0 amide bonds. The quantitative estimate of drug-likeness (QED) is 0.345. The van der Waals surface area contributed by atoms with E-state index in [-0.39, 0.29) is 13.2 Å². The molecule has 0 bridgehead atoms. The second-order valence-electron chi connectivity index (χ2n) is 2.26. The topological polar surface area (TPSA) is 102 Å². The highest BCUT2D eigenvalue weighted by atomic mass is 31.1. The van der Waals surface area contributed by atoms with E-state index < -0.39 is 27.1 Å². The molecule has 0 radical (unpaired) electrons. The van der Waals surface area contributed by atoms with E-state index in [2.05, 4.69) is 9.26 Å². The van der Waals surface area contributed by atoms with Crippen LogP contribution in [0.3, 0.4) is 0 Å². The number of ether oxygens (including phenoxy) is 2. The largest absolute Gasteiger partial charge is 0.697 e. The normalized spacial score (nSPS) is 13.5. The second kappa shape index (κ2) is 7.78. The standard InChI is InChI=1S/C6H11O7P/c1-5(8)11-3-6(2-7)12-4-13-14(9)10/h6-7H,2-4H2,1H3/p+1. The van der Waals surface area contributed by atoms with Gasteiger partial charge in [-0.15, -0.1) is 4.89 Å². The summed E-state index contributed by atoms with van der Waals surface area (Å²) >= 11 is 0. The van der Waals surface area contributed by atoms with Gasteiger partial charge in [0.15, 0.2) is 0 Å². The SMILES string of the molecule is CC(=O)OCC(CO)OCO[P+](=O)O. The van der Waals surface area contributed by atoms with Crippen LogP contribution in [0.1, 0.15) is 6.92 Å². The average molecular weight is 227 g/mol. The minimum absolute atomic E-state index is 0.128. The summed E-state index contributed by atoms with van der Waals surface area (Å²) in [6.45, 7) is 0.268. The van der Waals surface area contributed by atoms with Crippen LogP contribution in [-0.2, 0) is 23.4 Å². The molecular formula is C6H12O7P+. The third-order valence-corrected chi connectivity index (χ3v) is 1.47. The third kappa shape index (κ3) is 8.03. The summed E-state index contributed by atoms with van der Waals surface area (Å²) in [4.78, 5) is 18.6. The van der Waals surface area contributed by atoms with Gasteiger partial charge in [0.25, 0.3) is 0 Å². The van der Waals surface area contributed by atoms with Gasteiger partial charge in [-0.3, -0.25) is 4.79 Å². The second-order valence-corrected chi connectivity index (χ2v) is 2.99. The molecule has 0 rings (SSSR count). The van der Waals surface area contributed by atoms with Crippen molar-refractivity contribution in [3.63, 3.8) is 0 Å². The maximum Gasteiger partial charge on any atom is 0.697 e. The molecular weight excluding hydrogens is 215 g/mol. The van der Waals surface area contributed by atoms with Crippen LogP contribution in [0.25, 0.3) is 0 Å². The average Bonchev–Trinajstić information content (AvgIpc) is 2.10. The van der Waals surface area contributed by atoms with Crippen LogP contribution in [0.15, 0.2) is 0 Å². The molecule has 0 saturated carbocycles. The Morgan fingerprint density at radius 3 is 2.64 bits per heavy atom. The van der Waals surface area contributed by atoms with E-state index in [1.165, 1.54) is 6.92 Å². The highest BCUT2D eigenvalue weighted by molar-refractivity contribution is 7.32. The summed E-state index contributed by atoms with van der Waals surface area (Å²) in [5.74, 6) is -0.499. The van der Waals surface area contributed by atoms with E-state index in [9.17, 15) is 9.36 Å². The minimum Gasteiger partial charge on any atom is -0.463 e. The lowest BCUT2D eigenvalue weighted by Gasteiger charge is -2.12. The number of carbonyl (C=O) groups excluding carboxylic acids is 1. The van der Waals surface area contributed by atoms with E-state index in [1.807, 2.05) is 0 Å². The summed E-state index contributed by atoms with van der Waals surface area (Å²) in [6.07, 6.45) is -0.756. The van der Waals surface area contributed by atoms with Gasteiger partial charge in [0.2, 0.25) is 6.79 Å². The Hall–Kier alpha value is -0.590. The van der Waals surface area contributed by atoms with Crippen LogP contribution >= 0.6 is 8.25 Å². The molecule has 8 heteroatoms. The number of hydrogen-bond acceptors (Lipinski definition) is 6. The Kier molecular flexibility index (Phi) is 7.45. The molecule has 0 aliphatic rings. The van der Waals surface area contributed by atoms with Gasteiger partial charge < -0.3 is 14.6 Å². The van der Waals surface area contributed by atoms with Gasteiger partial charge in [0.05, 0.1) is 6.61 Å². The van der Waals surface area contributed by atoms with E-state index in [1.54, 1.807) is 0 Å². The summed E-state index contributed by atoms with van der Waals surface area (Å²) in [6, 6.07) is 0. The maximum atomic E-state index is 10.4. The lowest BCUT2D eigenvalue weighted by Crippen LogP contribution is -2.25. The van der Waals surface area contributed by atoms with Gasteiger partial charge in [-0.25, -0.2) is 0 Å². The van der Waals surface area contributed by atoms with Crippen LogP contribution in [0, 0.1) is 0 Å². The van der Waals surface area contributed by atoms with Gasteiger partial charge in [-0.1, -0.05) is 4.52 Å². The van der Waals surface area contributed by atoms with E-state index in [4.69, 9.17) is 14.7 Å². The monoisotopic (exact) mass is 227 g/mol. The summed E-state index contributed by atoms with van der Waals surface area (Å²) in [7, 11) is -2.72. The van der Waals surface area contributed by atoms with Crippen molar-refractivity contribution in [2.45, 2.75) is 13.0 Å². The lowest BCUT2D eigenvalue weighted by atomic mass is 10.4. The minimum atomic E-state index is -2.72. The predicted molar refractivity (Wildman–Crippen MR) is 44.4 cm³/mol. The summed E-state index contributed by atoms with van der Waals surface area (Å²) in [5.41, 5.74) is 0. The first kappa shape index (κ1) is 13.4. The van der Waals surface area contributed by atoms with Gasteiger partial charge in [0, 0.05) is 11.5 Å². The number of aliphatic hydroxyl groups is 1. The van der Waals surface area contributed by atoms with Crippen LogP contribution in [0.2, 0.25) is 0 Å². The Balaban J connectivity index is 3.57. The number of esters is 1. The van der Waals surface area contributed by atoms with Crippen LogP contribution in [0.5, 0.6) is 0 Å². The molecule has 2 atom stereocenters. The Bertz CT molecular complexity index is 195. The van der Waals surface area contributed by atoms with Crippen molar-refractivity contribution in [2.75, 3.05) is 20.0 Å². The van der Waals surface area contributed by atoms with Crippen molar-refractivity contribution >= 4 is 14.2 Å².